The van der Waals surface area contributed by atoms with Crippen molar-refractivity contribution in [2.24, 2.45) is 0 Å². The Morgan fingerprint density at radius 1 is 1.18 bits per heavy atom. The zero-order valence-corrected chi connectivity index (χ0v) is 14.9. The van der Waals surface area contributed by atoms with E-state index in [4.69, 9.17) is 11.6 Å². The molecule has 116 valence electrons. The Labute approximate surface area is 144 Å². The van der Waals surface area contributed by atoms with E-state index >= 15 is 0 Å². The minimum Gasteiger partial charge on any atom is -0.346 e. The van der Waals surface area contributed by atoms with Crippen LogP contribution < -0.4 is 10.2 Å². The minimum absolute atomic E-state index is 0.0919. The van der Waals surface area contributed by atoms with Crippen LogP contribution in [0.2, 0.25) is 5.02 Å². The highest BCUT2D eigenvalue weighted by atomic mass is 79.9. The van der Waals surface area contributed by atoms with Crippen molar-refractivity contribution in [3.8, 4) is 0 Å². The van der Waals surface area contributed by atoms with Gasteiger partial charge in [0.15, 0.2) is 0 Å². The number of carbonyl (C=O) groups is 1. The Balaban J connectivity index is 2.12. The van der Waals surface area contributed by atoms with Crippen molar-refractivity contribution in [2.45, 2.75) is 6.04 Å². The quantitative estimate of drug-likeness (QED) is 0.819. The molecule has 3 nitrogen and oxygen atoms in total. The Morgan fingerprint density at radius 3 is 2.45 bits per heavy atom. The van der Waals surface area contributed by atoms with E-state index in [1.165, 1.54) is 4.90 Å². The van der Waals surface area contributed by atoms with Crippen molar-refractivity contribution in [1.82, 2.24) is 5.32 Å². The Morgan fingerprint density at radius 2 is 1.82 bits per heavy atom. The first-order chi connectivity index (χ1) is 10.5. The van der Waals surface area contributed by atoms with Gasteiger partial charge < -0.3 is 10.2 Å². The summed E-state index contributed by atoms with van der Waals surface area (Å²) >= 11 is 9.69. The van der Waals surface area contributed by atoms with Gasteiger partial charge in [-0.25, -0.2) is 0 Å². The van der Waals surface area contributed by atoms with Crippen molar-refractivity contribution in [3.63, 3.8) is 0 Å². The smallest absolute Gasteiger partial charge is 0.252 e. The zero-order chi connectivity index (χ0) is 16.1. The molecule has 0 heterocycles. The summed E-state index contributed by atoms with van der Waals surface area (Å²) in [5, 5.41) is 3.72. The molecule has 1 amide bonds. The lowest BCUT2D eigenvalue weighted by Gasteiger charge is -2.23. The number of nitrogens with one attached hydrogen (secondary N) is 2. The second-order valence-corrected chi connectivity index (χ2v) is 6.60. The molecule has 2 aromatic carbocycles. The second kappa shape index (κ2) is 7.77. The van der Waals surface area contributed by atoms with Gasteiger partial charge in [-0.2, -0.15) is 0 Å². The summed E-state index contributed by atoms with van der Waals surface area (Å²) in [5.41, 5.74) is 1.67. The Kier molecular flexibility index (Phi) is 6.00. The molecule has 0 bridgehead atoms. The lowest BCUT2D eigenvalue weighted by Crippen LogP contribution is -3.07. The SMILES string of the molecule is C[NH+](C)[C@H](CNC(=O)c1ccccc1Br)c1ccccc1Cl. The van der Waals surface area contributed by atoms with E-state index < -0.39 is 0 Å². The normalized spacial score (nSPS) is 12.2. The number of quaternary nitrogens is 1. The van der Waals surface area contributed by atoms with Gasteiger partial charge in [0.1, 0.15) is 6.04 Å². The molecule has 1 atom stereocenters. The molecule has 0 fully saturated rings. The fraction of sp³-hybridized carbons (Fsp3) is 0.235. The maximum absolute atomic E-state index is 12.3. The summed E-state index contributed by atoms with van der Waals surface area (Å²) in [4.78, 5) is 13.5. The molecule has 0 spiro atoms. The van der Waals surface area contributed by atoms with Crippen molar-refractivity contribution >= 4 is 33.4 Å². The molecule has 0 saturated carbocycles. The molecule has 2 aromatic rings. The standard InChI is InChI=1S/C17H18BrClN2O/c1-21(2)16(13-8-4-6-10-15(13)19)11-20-17(22)12-7-3-5-9-14(12)18/h3-10,16H,11H2,1-2H3,(H,20,22)/p+1/t16-/m1/s1. The number of likely N-dealkylation sites (N-methyl/N-ethyl adjacent to an activating group) is 1. The molecule has 0 unspecified atom stereocenters. The van der Waals surface area contributed by atoms with Crippen LogP contribution in [0.1, 0.15) is 22.0 Å². The van der Waals surface area contributed by atoms with E-state index in [1.54, 1.807) is 6.07 Å². The van der Waals surface area contributed by atoms with Gasteiger partial charge >= 0.3 is 0 Å². The lowest BCUT2D eigenvalue weighted by molar-refractivity contribution is -0.890. The van der Waals surface area contributed by atoms with Crippen LogP contribution in [-0.2, 0) is 0 Å². The van der Waals surface area contributed by atoms with Crippen LogP contribution in [0.3, 0.4) is 0 Å². The van der Waals surface area contributed by atoms with Crippen molar-refractivity contribution in [3.05, 3.63) is 69.2 Å². The summed E-state index contributed by atoms with van der Waals surface area (Å²) in [6.45, 7) is 0.520. The molecular formula is C17H19BrClN2O+. The number of halogens is 2. The van der Waals surface area contributed by atoms with Crippen LogP contribution in [0.4, 0.5) is 0 Å². The molecule has 0 saturated heterocycles. The molecule has 22 heavy (non-hydrogen) atoms. The van der Waals surface area contributed by atoms with Crippen LogP contribution in [-0.4, -0.2) is 26.5 Å². The minimum atomic E-state index is -0.0919. The van der Waals surface area contributed by atoms with Crippen LogP contribution in [0, 0.1) is 0 Å². The monoisotopic (exact) mass is 381 g/mol. The van der Waals surface area contributed by atoms with E-state index in [0.717, 1.165) is 15.1 Å². The van der Waals surface area contributed by atoms with E-state index in [1.807, 2.05) is 42.5 Å². The molecule has 5 heteroatoms. The molecule has 0 aliphatic heterocycles. The van der Waals surface area contributed by atoms with E-state index in [-0.39, 0.29) is 11.9 Å². The molecular weight excluding hydrogens is 364 g/mol. The number of carbonyl (C=O) groups excluding carboxylic acids is 1. The Hall–Kier alpha value is -1.36. The maximum Gasteiger partial charge on any atom is 0.252 e. The number of hydrogen-bond donors (Lipinski definition) is 2. The summed E-state index contributed by atoms with van der Waals surface area (Å²) in [5.74, 6) is -0.0919. The average Bonchev–Trinajstić information content (AvgIpc) is 2.49. The van der Waals surface area contributed by atoms with Gasteiger partial charge in [0, 0.05) is 15.1 Å². The summed E-state index contributed by atoms with van der Waals surface area (Å²) in [6, 6.07) is 15.2. The topological polar surface area (TPSA) is 33.5 Å². The first kappa shape index (κ1) is 17.0. The summed E-state index contributed by atoms with van der Waals surface area (Å²) in [7, 11) is 4.11. The third-order valence-corrected chi connectivity index (χ3v) is 4.60. The van der Waals surface area contributed by atoms with Crippen LogP contribution in [0.15, 0.2) is 53.0 Å². The first-order valence-electron chi connectivity index (χ1n) is 7.08. The van der Waals surface area contributed by atoms with Gasteiger partial charge in [-0.05, 0) is 34.1 Å². The van der Waals surface area contributed by atoms with Crippen LogP contribution >= 0.6 is 27.5 Å². The third kappa shape index (κ3) is 4.09. The van der Waals surface area contributed by atoms with Crippen molar-refractivity contribution in [2.75, 3.05) is 20.6 Å². The highest BCUT2D eigenvalue weighted by Gasteiger charge is 2.21. The molecule has 0 aliphatic carbocycles. The summed E-state index contributed by atoms with van der Waals surface area (Å²) in [6.07, 6.45) is 0. The number of benzene rings is 2. The molecule has 0 radical (unpaired) electrons. The van der Waals surface area contributed by atoms with Crippen molar-refractivity contribution in [1.29, 1.82) is 0 Å². The fourth-order valence-corrected chi connectivity index (χ4v) is 3.05. The molecule has 2 rings (SSSR count). The number of hydrogen-bond acceptors (Lipinski definition) is 1. The second-order valence-electron chi connectivity index (χ2n) is 5.34. The number of rotatable bonds is 5. The van der Waals surface area contributed by atoms with Gasteiger partial charge in [0.05, 0.1) is 26.2 Å². The molecule has 0 aliphatic rings. The van der Waals surface area contributed by atoms with E-state index in [9.17, 15) is 4.79 Å². The predicted octanol–water partition coefficient (Wildman–Crippen LogP) is 2.72. The fourth-order valence-electron chi connectivity index (χ4n) is 2.32. The van der Waals surface area contributed by atoms with E-state index in [0.29, 0.717) is 12.1 Å². The first-order valence-corrected chi connectivity index (χ1v) is 8.25. The van der Waals surface area contributed by atoms with E-state index in [2.05, 4.69) is 35.3 Å². The van der Waals surface area contributed by atoms with Crippen molar-refractivity contribution < 1.29 is 9.69 Å². The van der Waals surface area contributed by atoms with Crippen LogP contribution in [0.5, 0.6) is 0 Å². The lowest BCUT2D eigenvalue weighted by atomic mass is 10.1. The van der Waals surface area contributed by atoms with Gasteiger partial charge in [-0.1, -0.05) is 41.9 Å². The zero-order valence-electron chi connectivity index (χ0n) is 12.6. The maximum atomic E-state index is 12.3. The average molecular weight is 383 g/mol. The Bertz CT molecular complexity index is 661. The summed E-state index contributed by atoms with van der Waals surface area (Å²) < 4.78 is 0.791. The van der Waals surface area contributed by atoms with Gasteiger partial charge in [0.2, 0.25) is 0 Å². The molecule has 2 N–H and O–H groups in total. The third-order valence-electron chi connectivity index (χ3n) is 3.56. The van der Waals surface area contributed by atoms with Crippen LogP contribution in [0.25, 0.3) is 0 Å². The molecule has 0 aromatic heterocycles. The number of amides is 1. The van der Waals surface area contributed by atoms with Gasteiger partial charge in [-0.15, -0.1) is 0 Å². The highest BCUT2D eigenvalue weighted by Crippen LogP contribution is 2.21. The van der Waals surface area contributed by atoms with Gasteiger partial charge in [0.25, 0.3) is 5.91 Å². The van der Waals surface area contributed by atoms with Gasteiger partial charge in [-0.3, -0.25) is 4.79 Å². The largest absolute Gasteiger partial charge is 0.346 e. The predicted molar refractivity (Wildman–Crippen MR) is 93.5 cm³/mol. The highest BCUT2D eigenvalue weighted by molar-refractivity contribution is 9.10.